The van der Waals surface area contributed by atoms with E-state index in [0.717, 1.165) is 18.1 Å². The Morgan fingerprint density at radius 2 is 2.26 bits per heavy atom. The monoisotopic (exact) mass is 278 g/mol. The number of halogens is 1. The van der Waals surface area contributed by atoms with E-state index >= 15 is 0 Å². The van der Waals surface area contributed by atoms with Gasteiger partial charge in [-0.15, -0.1) is 0 Å². The highest BCUT2D eigenvalue weighted by Gasteiger charge is 2.36. The Bertz CT molecular complexity index is 556. The summed E-state index contributed by atoms with van der Waals surface area (Å²) >= 11 is 5.73. The van der Waals surface area contributed by atoms with Crippen molar-refractivity contribution >= 4 is 23.2 Å². The summed E-state index contributed by atoms with van der Waals surface area (Å²) in [6.45, 7) is 0. The minimum Gasteiger partial charge on any atom is -0.507 e. The van der Waals surface area contributed by atoms with E-state index in [2.05, 4.69) is 10.5 Å². The fourth-order valence-corrected chi connectivity index (χ4v) is 3.21. The fourth-order valence-electron chi connectivity index (χ4n) is 3.04. The average Bonchev–Trinajstić information content (AvgIpc) is 2.98. The van der Waals surface area contributed by atoms with Gasteiger partial charge in [0, 0.05) is 10.7 Å². The highest BCUT2D eigenvalue weighted by Crippen LogP contribution is 2.42. The number of hydrogen-bond acceptors (Lipinski definition) is 3. The molecule has 0 aliphatic heterocycles. The van der Waals surface area contributed by atoms with Gasteiger partial charge >= 0.3 is 0 Å². The molecule has 2 N–H and O–H groups in total. The van der Waals surface area contributed by atoms with E-state index in [-0.39, 0.29) is 11.3 Å². The number of fused-ring (bicyclic) bond motifs is 2. The third kappa shape index (κ3) is 2.45. The molecule has 3 rings (SSSR count). The Morgan fingerprint density at radius 3 is 2.89 bits per heavy atom. The number of hydrogen-bond donors (Lipinski definition) is 2. The largest absolute Gasteiger partial charge is 0.507 e. The van der Waals surface area contributed by atoms with Crippen LogP contribution in [0.15, 0.2) is 23.3 Å². The van der Waals surface area contributed by atoms with Gasteiger partial charge in [0.05, 0.1) is 5.56 Å². The molecule has 2 atom stereocenters. The van der Waals surface area contributed by atoms with E-state index in [4.69, 9.17) is 11.6 Å². The standard InChI is InChI=1S/C14H15ClN2O2/c15-10-3-4-11(13(18)7-10)14(19)17-16-12-6-8-1-2-9(12)5-8/h3-4,7-9,18H,1-2,5-6H2,(H,17,19)/b16-12-/t8-,9-/m0/s1. The van der Waals surface area contributed by atoms with Gasteiger partial charge in [-0.3, -0.25) is 4.79 Å². The van der Waals surface area contributed by atoms with Gasteiger partial charge in [0.25, 0.3) is 5.91 Å². The number of phenols is 1. The maximum atomic E-state index is 11.9. The van der Waals surface area contributed by atoms with Crippen LogP contribution in [0.25, 0.3) is 0 Å². The van der Waals surface area contributed by atoms with Crippen molar-refractivity contribution in [2.45, 2.75) is 25.7 Å². The smallest absolute Gasteiger partial charge is 0.275 e. The molecule has 0 heterocycles. The summed E-state index contributed by atoms with van der Waals surface area (Å²) in [6.07, 6.45) is 4.68. The van der Waals surface area contributed by atoms with Crippen LogP contribution in [0.2, 0.25) is 5.02 Å². The molecule has 1 aromatic carbocycles. The van der Waals surface area contributed by atoms with Gasteiger partial charge in [-0.25, -0.2) is 5.43 Å². The second kappa shape index (κ2) is 4.85. The summed E-state index contributed by atoms with van der Waals surface area (Å²) in [4.78, 5) is 11.9. The average molecular weight is 279 g/mol. The molecule has 2 fully saturated rings. The zero-order valence-corrected chi connectivity index (χ0v) is 11.2. The van der Waals surface area contributed by atoms with E-state index in [1.807, 2.05) is 0 Å². The summed E-state index contributed by atoms with van der Waals surface area (Å²) in [6, 6.07) is 4.41. The molecule has 1 amide bonds. The summed E-state index contributed by atoms with van der Waals surface area (Å²) < 4.78 is 0. The lowest BCUT2D eigenvalue weighted by Crippen LogP contribution is -2.22. The molecule has 1 aromatic rings. The molecule has 0 radical (unpaired) electrons. The summed E-state index contributed by atoms with van der Waals surface area (Å²) in [7, 11) is 0. The first kappa shape index (κ1) is 12.5. The van der Waals surface area contributed by atoms with Gasteiger partial charge in [-0.05, 0) is 55.7 Å². The van der Waals surface area contributed by atoms with Gasteiger partial charge in [-0.2, -0.15) is 5.10 Å². The van der Waals surface area contributed by atoms with Crippen molar-refractivity contribution in [1.29, 1.82) is 0 Å². The Hall–Kier alpha value is -1.55. The highest BCUT2D eigenvalue weighted by atomic mass is 35.5. The Labute approximate surface area is 116 Å². The van der Waals surface area contributed by atoms with Crippen LogP contribution in [0.5, 0.6) is 5.75 Å². The van der Waals surface area contributed by atoms with Gasteiger partial charge in [-0.1, -0.05) is 11.6 Å². The topological polar surface area (TPSA) is 61.7 Å². The fraction of sp³-hybridized carbons (Fsp3) is 0.429. The number of phenolic OH excluding ortho intramolecular Hbond substituents is 1. The van der Waals surface area contributed by atoms with E-state index in [1.54, 1.807) is 6.07 Å². The second-order valence-corrected chi connectivity index (χ2v) is 5.72. The summed E-state index contributed by atoms with van der Waals surface area (Å²) in [5, 5.41) is 14.3. The third-order valence-electron chi connectivity index (χ3n) is 4.02. The van der Waals surface area contributed by atoms with Crippen LogP contribution in [-0.4, -0.2) is 16.7 Å². The molecule has 2 bridgehead atoms. The summed E-state index contributed by atoms with van der Waals surface area (Å²) in [5.41, 5.74) is 3.82. The van der Waals surface area contributed by atoms with E-state index < -0.39 is 5.91 Å². The number of benzene rings is 1. The molecule has 19 heavy (non-hydrogen) atoms. The van der Waals surface area contributed by atoms with Crippen molar-refractivity contribution in [2.75, 3.05) is 0 Å². The number of hydrazone groups is 1. The Balaban J connectivity index is 1.70. The molecule has 2 saturated carbocycles. The molecule has 0 unspecified atom stereocenters. The molecule has 2 aliphatic rings. The Morgan fingerprint density at radius 1 is 1.42 bits per heavy atom. The summed E-state index contributed by atoms with van der Waals surface area (Å²) in [5.74, 6) is 0.774. The molecule has 0 spiro atoms. The SMILES string of the molecule is O=C(N/N=C1/C[C@H]2CC[C@H]1C2)c1ccc(Cl)cc1O. The number of nitrogens with one attached hydrogen (secondary N) is 1. The predicted molar refractivity (Wildman–Crippen MR) is 73.5 cm³/mol. The normalized spacial score (nSPS) is 26.9. The van der Waals surface area contributed by atoms with Crippen LogP contribution in [0, 0.1) is 11.8 Å². The first-order chi connectivity index (χ1) is 9.13. The zero-order valence-electron chi connectivity index (χ0n) is 10.4. The van der Waals surface area contributed by atoms with Gasteiger partial charge < -0.3 is 5.11 Å². The Kier molecular flexibility index (Phi) is 3.19. The predicted octanol–water partition coefficient (Wildman–Crippen LogP) is 2.95. The second-order valence-electron chi connectivity index (χ2n) is 5.29. The molecular weight excluding hydrogens is 264 g/mol. The van der Waals surface area contributed by atoms with Crippen molar-refractivity contribution in [3.05, 3.63) is 28.8 Å². The molecule has 0 aromatic heterocycles. The van der Waals surface area contributed by atoms with Crippen molar-refractivity contribution in [3.8, 4) is 5.75 Å². The number of nitrogens with zero attached hydrogens (tertiary/aromatic N) is 1. The van der Waals surface area contributed by atoms with Crippen molar-refractivity contribution in [2.24, 2.45) is 16.9 Å². The van der Waals surface area contributed by atoms with Crippen LogP contribution < -0.4 is 5.43 Å². The van der Waals surface area contributed by atoms with Crippen LogP contribution >= 0.6 is 11.6 Å². The van der Waals surface area contributed by atoms with Crippen LogP contribution in [0.1, 0.15) is 36.0 Å². The van der Waals surface area contributed by atoms with Gasteiger partial charge in [0.1, 0.15) is 5.75 Å². The third-order valence-corrected chi connectivity index (χ3v) is 4.25. The lowest BCUT2D eigenvalue weighted by molar-refractivity contribution is 0.0952. The maximum Gasteiger partial charge on any atom is 0.275 e. The number of carbonyl (C=O) groups excluding carboxylic acids is 1. The van der Waals surface area contributed by atoms with Crippen molar-refractivity contribution in [1.82, 2.24) is 5.43 Å². The first-order valence-electron chi connectivity index (χ1n) is 6.49. The van der Waals surface area contributed by atoms with E-state index in [1.165, 1.54) is 31.4 Å². The van der Waals surface area contributed by atoms with E-state index in [9.17, 15) is 9.90 Å². The van der Waals surface area contributed by atoms with Crippen molar-refractivity contribution < 1.29 is 9.90 Å². The van der Waals surface area contributed by atoms with Crippen LogP contribution in [0.3, 0.4) is 0 Å². The number of aromatic hydroxyl groups is 1. The lowest BCUT2D eigenvalue weighted by atomic mass is 9.99. The minimum absolute atomic E-state index is 0.127. The molecule has 5 heteroatoms. The minimum atomic E-state index is -0.399. The lowest BCUT2D eigenvalue weighted by Gasteiger charge is -2.11. The van der Waals surface area contributed by atoms with Crippen LogP contribution in [0.4, 0.5) is 0 Å². The first-order valence-corrected chi connectivity index (χ1v) is 6.86. The van der Waals surface area contributed by atoms with Gasteiger partial charge in [0.15, 0.2) is 0 Å². The quantitative estimate of drug-likeness (QED) is 0.817. The van der Waals surface area contributed by atoms with Crippen molar-refractivity contribution in [3.63, 3.8) is 0 Å². The molecule has 100 valence electrons. The number of carbonyl (C=O) groups is 1. The molecule has 2 aliphatic carbocycles. The molecule has 4 nitrogen and oxygen atoms in total. The molecular formula is C14H15ClN2O2. The number of rotatable bonds is 2. The highest BCUT2D eigenvalue weighted by molar-refractivity contribution is 6.30. The molecule has 0 saturated heterocycles. The van der Waals surface area contributed by atoms with Crippen LogP contribution in [-0.2, 0) is 0 Å². The van der Waals surface area contributed by atoms with E-state index in [0.29, 0.717) is 10.9 Å². The number of amides is 1. The maximum absolute atomic E-state index is 11.9. The zero-order chi connectivity index (χ0) is 13.4. The van der Waals surface area contributed by atoms with Gasteiger partial charge in [0.2, 0.25) is 0 Å².